The minimum atomic E-state index is -3.57. The number of anilines is 1. The zero-order chi connectivity index (χ0) is 24.8. The van der Waals surface area contributed by atoms with Crippen LogP contribution in [0.4, 0.5) is 5.69 Å². The van der Waals surface area contributed by atoms with Crippen LogP contribution in [0.1, 0.15) is 20.3 Å². The van der Waals surface area contributed by atoms with Crippen molar-refractivity contribution in [2.45, 2.75) is 25.2 Å². The Bertz CT molecular complexity index is 1330. The fourth-order valence-corrected chi connectivity index (χ4v) is 5.41. The minimum Gasteiger partial charge on any atom is -0.486 e. The summed E-state index contributed by atoms with van der Waals surface area (Å²) in [7, 11) is -3.57. The van der Waals surface area contributed by atoms with E-state index in [1.807, 2.05) is 49.1 Å². The number of nitrogens with zero attached hydrogens (tertiary/aromatic N) is 4. The smallest absolute Gasteiger partial charge is 0.316 e. The summed E-state index contributed by atoms with van der Waals surface area (Å²) in [6, 6.07) is 17.6. The third kappa shape index (κ3) is 5.63. The predicted octanol–water partition coefficient (Wildman–Crippen LogP) is 3.48. The summed E-state index contributed by atoms with van der Waals surface area (Å²) in [6.07, 6.45) is 4.37. The van der Waals surface area contributed by atoms with Gasteiger partial charge < -0.3 is 9.64 Å². The predicted molar refractivity (Wildman–Crippen MR) is 137 cm³/mol. The molecule has 0 unspecified atom stereocenters. The quantitative estimate of drug-likeness (QED) is 0.352. The van der Waals surface area contributed by atoms with Crippen LogP contribution in [-0.4, -0.2) is 55.3 Å². The third-order valence-electron chi connectivity index (χ3n) is 5.79. The number of hydrogen-bond acceptors (Lipinski definition) is 6. The van der Waals surface area contributed by atoms with Gasteiger partial charge in [-0.2, -0.15) is 14.1 Å². The highest BCUT2D eigenvalue weighted by Crippen LogP contribution is 2.27. The summed E-state index contributed by atoms with van der Waals surface area (Å²) in [5.41, 5.74) is 2.07. The van der Waals surface area contributed by atoms with Gasteiger partial charge in [-0.15, -0.1) is 0 Å². The van der Waals surface area contributed by atoms with E-state index in [-0.39, 0.29) is 16.2 Å². The molecule has 1 saturated heterocycles. The number of sulfonamides is 1. The van der Waals surface area contributed by atoms with E-state index in [1.165, 1.54) is 14.6 Å². The van der Waals surface area contributed by atoms with Crippen molar-refractivity contribution >= 4 is 15.7 Å². The fraction of sp³-hybridized carbons (Fsp3) is 0.308. The van der Waals surface area contributed by atoms with Crippen molar-refractivity contribution in [2.75, 3.05) is 37.7 Å². The van der Waals surface area contributed by atoms with E-state index in [4.69, 9.17) is 4.74 Å². The Morgan fingerprint density at radius 3 is 2.23 bits per heavy atom. The van der Waals surface area contributed by atoms with Crippen LogP contribution in [0.25, 0.3) is 5.69 Å². The Morgan fingerprint density at radius 1 is 0.971 bits per heavy atom. The Kier molecular flexibility index (Phi) is 7.67. The summed E-state index contributed by atoms with van der Waals surface area (Å²) < 4.78 is 34.8. The number of allylic oxidation sites excluding steroid dienone is 1. The van der Waals surface area contributed by atoms with Crippen molar-refractivity contribution in [3.63, 3.8) is 0 Å². The van der Waals surface area contributed by atoms with Gasteiger partial charge >= 0.3 is 5.56 Å². The Hall–Kier alpha value is -3.43. The van der Waals surface area contributed by atoms with Crippen molar-refractivity contribution in [2.24, 2.45) is 0 Å². The molecule has 35 heavy (non-hydrogen) atoms. The topological polar surface area (TPSA) is 84.7 Å². The first-order chi connectivity index (χ1) is 16.9. The van der Waals surface area contributed by atoms with Crippen LogP contribution in [0.2, 0.25) is 0 Å². The van der Waals surface area contributed by atoms with Gasteiger partial charge in [-0.05, 0) is 44.5 Å². The Balaban J connectivity index is 1.58. The van der Waals surface area contributed by atoms with Crippen molar-refractivity contribution in [3.8, 4) is 11.4 Å². The highest BCUT2D eigenvalue weighted by Gasteiger charge is 2.30. The van der Waals surface area contributed by atoms with Gasteiger partial charge in [-0.1, -0.05) is 48.0 Å². The van der Waals surface area contributed by atoms with Crippen molar-refractivity contribution in [1.29, 1.82) is 0 Å². The van der Waals surface area contributed by atoms with Gasteiger partial charge in [0.2, 0.25) is 15.8 Å². The second-order valence-corrected chi connectivity index (χ2v) is 10.5. The van der Waals surface area contributed by atoms with Gasteiger partial charge in [-0.3, -0.25) is 4.79 Å². The molecule has 0 bridgehead atoms. The van der Waals surface area contributed by atoms with Gasteiger partial charge in [0.1, 0.15) is 5.69 Å². The highest BCUT2D eigenvalue weighted by atomic mass is 32.2. The van der Waals surface area contributed by atoms with Crippen molar-refractivity contribution in [3.05, 3.63) is 88.9 Å². The number of ether oxygens (including phenoxy) is 1. The zero-order valence-electron chi connectivity index (χ0n) is 20.0. The summed E-state index contributed by atoms with van der Waals surface area (Å²) in [4.78, 5) is 15.6. The van der Waals surface area contributed by atoms with Crippen LogP contribution in [0.3, 0.4) is 0 Å². The molecule has 0 N–H and O–H groups in total. The average molecular weight is 495 g/mol. The molecule has 0 saturated carbocycles. The van der Waals surface area contributed by atoms with Gasteiger partial charge in [0.05, 0.1) is 23.4 Å². The molecule has 1 fully saturated rings. The maximum atomic E-state index is 13.4. The molecule has 4 rings (SSSR count). The molecule has 2 heterocycles. The largest absolute Gasteiger partial charge is 0.486 e. The molecule has 0 amide bonds. The number of para-hydroxylation sites is 1. The Labute approximate surface area is 206 Å². The maximum absolute atomic E-state index is 13.4. The van der Waals surface area contributed by atoms with Crippen LogP contribution in [0.15, 0.2) is 88.2 Å². The third-order valence-corrected chi connectivity index (χ3v) is 7.71. The van der Waals surface area contributed by atoms with E-state index >= 15 is 0 Å². The molecular weight excluding hydrogens is 464 g/mol. The van der Waals surface area contributed by atoms with Gasteiger partial charge in [0.25, 0.3) is 0 Å². The minimum absolute atomic E-state index is 0.227. The van der Waals surface area contributed by atoms with E-state index in [9.17, 15) is 13.2 Å². The number of benzene rings is 2. The van der Waals surface area contributed by atoms with E-state index in [0.29, 0.717) is 50.6 Å². The van der Waals surface area contributed by atoms with Crippen LogP contribution in [0, 0.1) is 0 Å². The van der Waals surface area contributed by atoms with Gasteiger partial charge in [0.15, 0.2) is 0 Å². The van der Waals surface area contributed by atoms with Gasteiger partial charge in [-0.25, -0.2) is 8.42 Å². The Morgan fingerprint density at radius 2 is 1.60 bits per heavy atom. The van der Waals surface area contributed by atoms with Crippen molar-refractivity contribution < 1.29 is 13.2 Å². The number of aromatic nitrogens is 2. The lowest BCUT2D eigenvalue weighted by atomic mass is 10.2. The molecule has 8 nitrogen and oxygen atoms in total. The molecule has 1 aromatic heterocycles. The zero-order valence-corrected chi connectivity index (χ0v) is 20.8. The summed E-state index contributed by atoms with van der Waals surface area (Å²) in [5.74, 6) is 0.227. The van der Waals surface area contributed by atoms with Gasteiger partial charge in [0, 0.05) is 26.2 Å². The molecule has 0 atom stereocenters. The van der Waals surface area contributed by atoms with Crippen LogP contribution < -0.4 is 15.2 Å². The SMILES string of the molecule is CC(C)=CCCOc1c(N2CCN(S(=O)(=O)c3ccccc3)CC2)cnn(-c2ccccc2)c1=O. The van der Waals surface area contributed by atoms with E-state index in [1.54, 1.807) is 36.5 Å². The molecule has 3 aromatic rings. The lowest BCUT2D eigenvalue weighted by molar-refractivity contribution is 0.315. The molecule has 9 heteroatoms. The van der Waals surface area contributed by atoms with E-state index in [0.717, 1.165) is 0 Å². The molecule has 0 spiro atoms. The van der Waals surface area contributed by atoms with Crippen molar-refractivity contribution in [1.82, 2.24) is 14.1 Å². The monoisotopic (exact) mass is 494 g/mol. The molecule has 1 aliphatic heterocycles. The first-order valence-electron chi connectivity index (χ1n) is 11.6. The fourth-order valence-electron chi connectivity index (χ4n) is 3.96. The average Bonchev–Trinajstić information content (AvgIpc) is 2.88. The van der Waals surface area contributed by atoms with Crippen LogP contribution in [-0.2, 0) is 10.0 Å². The molecule has 0 aliphatic carbocycles. The molecular formula is C26H30N4O4S. The lowest BCUT2D eigenvalue weighted by Gasteiger charge is -2.35. The maximum Gasteiger partial charge on any atom is 0.316 e. The van der Waals surface area contributed by atoms with Crippen LogP contribution in [0.5, 0.6) is 5.75 Å². The standard InChI is InChI=1S/C26H30N4O4S/c1-21(2)10-9-19-34-25-24(20-27-30(26(25)31)22-11-5-3-6-12-22)28-15-17-29(18-16-28)35(32,33)23-13-7-4-8-14-23/h3-8,10-14,20H,9,15-19H2,1-2H3. The normalized spacial score (nSPS) is 14.5. The number of rotatable bonds is 8. The summed E-state index contributed by atoms with van der Waals surface area (Å²) in [5, 5.41) is 4.39. The summed E-state index contributed by atoms with van der Waals surface area (Å²) >= 11 is 0. The second-order valence-electron chi connectivity index (χ2n) is 8.53. The number of hydrogen-bond donors (Lipinski definition) is 0. The van der Waals surface area contributed by atoms with Crippen LogP contribution >= 0.6 is 0 Å². The summed E-state index contributed by atoms with van der Waals surface area (Å²) in [6.45, 7) is 5.84. The first kappa shape index (κ1) is 24.7. The first-order valence-corrected chi connectivity index (χ1v) is 13.1. The number of piperazine rings is 1. The van der Waals surface area contributed by atoms with E-state index < -0.39 is 10.0 Å². The molecule has 1 aliphatic rings. The molecule has 0 radical (unpaired) electrons. The second kappa shape index (κ2) is 10.9. The lowest BCUT2D eigenvalue weighted by Crippen LogP contribution is -2.49. The van der Waals surface area contributed by atoms with E-state index in [2.05, 4.69) is 11.2 Å². The highest BCUT2D eigenvalue weighted by molar-refractivity contribution is 7.89. The molecule has 184 valence electrons. The molecule has 2 aromatic carbocycles.